The van der Waals surface area contributed by atoms with E-state index in [1.807, 2.05) is 12.3 Å². The van der Waals surface area contributed by atoms with Crippen molar-refractivity contribution in [1.82, 2.24) is 19.3 Å². The normalized spacial score (nSPS) is 24.3. The first-order valence-corrected chi connectivity index (χ1v) is 9.06. The summed E-state index contributed by atoms with van der Waals surface area (Å²) in [7, 11) is 0. The van der Waals surface area contributed by atoms with Gasteiger partial charge in [-0.05, 0) is 54.5 Å². The number of nitrogens with zero attached hydrogens (tertiary/aromatic N) is 4. The number of halogens is 1. The lowest BCUT2D eigenvalue weighted by atomic mass is 9.76. The van der Waals surface area contributed by atoms with Crippen LogP contribution in [-0.2, 0) is 6.42 Å². The largest absolute Gasteiger partial charge is 0.346 e. The predicted molar refractivity (Wildman–Crippen MR) is 94.6 cm³/mol. The van der Waals surface area contributed by atoms with Crippen molar-refractivity contribution in [3.05, 3.63) is 82.0 Å². The highest BCUT2D eigenvalue weighted by molar-refractivity contribution is 5.24. The Morgan fingerprint density at radius 1 is 1.08 bits per heavy atom. The standard InChI is InChI=1S/C20H19FN4O/c21-16-5-3-13(4-6-16)18-7-8-19-23-25(20(26)24(18)19)17-10-15(11-17)14-2-1-9-22-12-14/h1-6,9,12,15,17-18H,7-8,10-11H2/t15?,17?,18-/m0/s1. The summed E-state index contributed by atoms with van der Waals surface area (Å²) in [6, 6.07) is 10.6. The van der Waals surface area contributed by atoms with E-state index >= 15 is 0 Å². The second-order valence-electron chi connectivity index (χ2n) is 7.23. The van der Waals surface area contributed by atoms with Gasteiger partial charge in [-0.25, -0.2) is 13.9 Å². The van der Waals surface area contributed by atoms with Crippen LogP contribution in [0.2, 0.25) is 0 Å². The zero-order valence-corrected chi connectivity index (χ0v) is 14.3. The lowest BCUT2D eigenvalue weighted by Gasteiger charge is -2.34. The summed E-state index contributed by atoms with van der Waals surface area (Å²) >= 11 is 0. The van der Waals surface area contributed by atoms with Gasteiger partial charge in [-0.1, -0.05) is 18.2 Å². The number of hydrogen-bond acceptors (Lipinski definition) is 3. The molecule has 0 unspecified atom stereocenters. The van der Waals surface area contributed by atoms with Crippen LogP contribution in [-0.4, -0.2) is 19.3 Å². The first-order chi connectivity index (χ1) is 12.7. The minimum atomic E-state index is -0.258. The van der Waals surface area contributed by atoms with Crippen LogP contribution < -0.4 is 5.69 Å². The highest BCUT2D eigenvalue weighted by Gasteiger charge is 2.37. The lowest BCUT2D eigenvalue weighted by molar-refractivity contribution is 0.236. The third kappa shape index (κ3) is 2.40. The van der Waals surface area contributed by atoms with Gasteiger partial charge in [0, 0.05) is 18.8 Å². The van der Waals surface area contributed by atoms with Crippen molar-refractivity contribution in [2.75, 3.05) is 0 Å². The van der Waals surface area contributed by atoms with Gasteiger partial charge in [0.2, 0.25) is 0 Å². The number of pyridine rings is 1. The van der Waals surface area contributed by atoms with E-state index < -0.39 is 0 Å². The van der Waals surface area contributed by atoms with E-state index in [0.717, 1.165) is 37.1 Å². The van der Waals surface area contributed by atoms with E-state index in [1.165, 1.54) is 17.7 Å². The number of aromatic nitrogens is 4. The Balaban J connectivity index is 1.40. The molecule has 3 aromatic rings. The molecule has 5 nitrogen and oxygen atoms in total. The molecule has 6 heteroatoms. The third-order valence-corrected chi connectivity index (χ3v) is 5.73. The summed E-state index contributed by atoms with van der Waals surface area (Å²) in [4.78, 5) is 17.1. The van der Waals surface area contributed by atoms with E-state index in [1.54, 1.807) is 27.6 Å². The van der Waals surface area contributed by atoms with Crippen LogP contribution >= 0.6 is 0 Å². The molecule has 1 aromatic carbocycles. The van der Waals surface area contributed by atoms with Gasteiger partial charge in [0.15, 0.2) is 0 Å². The maximum Gasteiger partial charge on any atom is 0.346 e. The number of rotatable bonds is 3. The van der Waals surface area contributed by atoms with Crippen LogP contribution in [0, 0.1) is 5.82 Å². The second kappa shape index (κ2) is 5.90. The molecule has 2 aliphatic rings. The van der Waals surface area contributed by atoms with Gasteiger partial charge in [-0.2, -0.15) is 5.10 Å². The van der Waals surface area contributed by atoms with Crippen molar-refractivity contribution in [2.45, 2.75) is 43.7 Å². The van der Waals surface area contributed by atoms with Crippen molar-refractivity contribution < 1.29 is 4.39 Å². The minimum Gasteiger partial charge on any atom is -0.271 e. The molecule has 2 aromatic heterocycles. The summed E-state index contributed by atoms with van der Waals surface area (Å²) in [5, 5.41) is 4.61. The Hall–Kier alpha value is -2.76. The van der Waals surface area contributed by atoms with Crippen molar-refractivity contribution in [2.24, 2.45) is 0 Å². The molecule has 0 saturated heterocycles. The van der Waals surface area contributed by atoms with Gasteiger partial charge in [-0.15, -0.1) is 0 Å². The highest BCUT2D eigenvalue weighted by Crippen LogP contribution is 2.44. The van der Waals surface area contributed by atoms with Crippen molar-refractivity contribution in [3.8, 4) is 0 Å². The summed E-state index contributed by atoms with van der Waals surface area (Å²) in [5.41, 5.74) is 2.16. The smallest absolute Gasteiger partial charge is 0.271 e. The zero-order valence-electron chi connectivity index (χ0n) is 14.3. The van der Waals surface area contributed by atoms with Gasteiger partial charge in [-0.3, -0.25) is 9.55 Å². The third-order valence-electron chi connectivity index (χ3n) is 5.73. The Morgan fingerprint density at radius 2 is 1.88 bits per heavy atom. The van der Waals surface area contributed by atoms with Crippen LogP contribution in [0.3, 0.4) is 0 Å². The number of aryl methyl sites for hydroxylation is 1. The molecule has 1 aliphatic carbocycles. The molecule has 0 N–H and O–H groups in total. The summed E-state index contributed by atoms with van der Waals surface area (Å²) in [6.45, 7) is 0. The van der Waals surface area contributed by atoms with Crippen LogP contribution in [0.1, 0.15) is 54.2 Å². The summed E-state index contributed by atoms with van der Waals surface area (Å²) < 4.78 is 16.7. The lowest BCUT2D eigenvalue weighted by Crippen LogP contribution is -2.35. The van der Waals surface area contributed by atoms with Gasteiger partial charge in [0.1, 0.15) is 11.6 Å². The quantitative estimate of drug-likeness (QED) is 0.729. The average Bonchev–Trinajstić information content (AvgIpc) is 3.17. The Bertz CT molecular complexity index is 987. The van der Waals surface area contributed by atoms with Crippen LogP contribution in [0.15, 0.2) is 53.6 Å². The number of fused-ring (bicyclic) bond motifs is 1. The molecule has 132 valence electrons. The Labute approximate surface area is 150 Å². The molecule has 0 bridgehead atoms. The second-order valence-corrected chi connectivity index (χ2v) is 7.23. The van der Waals surface area contributed by atoms with E-state index in [9.17, 15) is 9.18 Å². The van der Waals surface area contributed by atoms with Crippen LogP contribution in [0.25, 0.3) is 0 Å². The first-order valence-electron chi connectivity index (χ1n) is 9.06. The SMILES string of the molecule is O=c1n(C2CC(c3cccnc3)C2)nc2n1[C@H](c1ccc(F)cc1)CC2. The monoisotopic (exact) mass is 350 g/mol. The maximum absolute atomic E-state index is 13.2. The fourth-order valence-electron chi connectivity index (χ4n) is 4.23. The van der Waals surface area contributed by atoms with Crippen molar-refractivity contribution >= 4 is 0 Å². The Morgan fingerprint density at radius 3 is 2.62 bits per heavy atom. The number of hydrogen-bond donors (Lipinski definition) is 0. The topological polar surface area (TPSA) is 52.7 Å². The molecule has 0 radical (unpaired) electrons. The van der Waals surface area contributed by atoms with E-state index in [-0.39, 0.29) is 23.6 Å². The Kier molecular flexibility index (Phi) is 3.51. The first kappa shape index (κ1) is 15.5. The molecule has 1 fully saturated rings. The summed E-state index contributed by atoms with van der Waals surface area (Å²) in [5.74, 6) is 1.03. The van der Waals surface area contributed by atoms with E-state index in [0.29, 0.717) is 5.92 Å². The molecule has 0 spiro atoms. The molecular weight excluding hydrogens is 331 g/mol. The van der Waals surface area contributed by atoms with E-state index in [4.69, 9.17) is 0 Å². The molecule has 3 heterocycles. The van der Waals surface area contributed by atoms with Gasteiger partial charge >= 0.3 is 5.69 Å². The van der Waals surface area contributed by atoms with Gasteiger partial charge in [0.25, 0.3) is 0 Å². The molecule has 5 rings (SSSR count). The van der Waals surface area contributed by atoms with Crippen molar-refractivity contribution in [3.63, 3.8) is 0 Å². The average molecular weight is 350 g/mol. The predicted octanol–water partition coefficient (Wildman–Crippen LogP) is 3.23. The van der Waals surface area contributed by atoms with Gasteiger partial charge in [0.05, 0.1) is 12.1 Å². The molecule has 1 saturated carbocycles. The molecule has 1 atom stereocenters. The van der Waals surface area contributed by atoms with Crippen LogP contribution in [0.5, 0.6) is 0 Å². The minimum absolute atomic E-state index is 0.0403. The van der Waals surface area contributed by atoms with Crippen molar-refractivity contribution in [1.29, 1.82) is 0 Å². The summed E-state index contributed by atoms with van der Waals surface area (Å²) in [6.07, 6.45) is 7.14. The van der Waals surface area contributed by atoms with Crippen LogP contribution in [0.4, 0.5) is 4.39 Å². The maximum atomic E-state index is 13.2. The molecule has 1 aliphatic heterocycles. The highest BCUT2D eigenvalue weighted by atomic mass is 19.1. The fourth-order valence-corrected chi connectivity index (χ4v) is 4.23. The molecule has 26 heavy (non-hydrogen) atoms. The number of benzene rings is 1. The fraction of sp³-hybridized carbons (Fsp3) is 0.350. The zero-order chi connectivity index (χ0) is 17.7. The molecular formula is C20H19FN4O. The van der Waals surface area contributed by atoms with Gasteiger partial charge < -0.3 is 0 Å². The molecule has 0 amide bonds. The van der Waals surface area contributed by atoms with E-state index in [2.05, 4.69) is 16.1 Å².